The van der Waals surface area contributed by atoms with Crippen LogP contribution in [0, 0.1) is 11.8 Å². The Morgan fingerprint density at radius 1 is 0.919 bits per heavy atom. The van der Waals surface area contributed by atoms with E-state index in [1.165, 1.54) is 16.8 Å². The van der Waals surface area contributed by atoms with Crippen molar-refractivity contribution in [2.24, 2.45) is 11.8 Å². The van der Waals surface area contributed by atoms with Gasteiger partial charge in [-0.2, -0.15) is 0 Å². The van der Waals surface area contributed by atoms with Crippen LogP contribution >= 0.6 is 0 Å². The molecule has 192 valence electrons. The molecule has 2 fully saturated rings. The van der Waals surface area contributed by atoms with Gasteiger partial charge in [-0.25, -0.2) is 4.79 Å². The van der Waals surface area contributed by atoms with E-state index in [2.05, 4.69) is 63.3 Å². The Labute approximate surface area is 219 Å². The van der Waals surface area contributed by atoms with Gasteiger partial charge in [-0.1, -0.05) is 67.4 Å². The Hall–Kier alpha value is -3.54. The second-order valence-electron chi connectivity index (χ2n) is 10.8. The summed E-state index contributed by atoms with van der Waals surface area (Å²) < 4.78 is 0. The Morgan fingerprint density at radius 2 is 1.68 bits per heavy atom. The number of carbonyl (C=O) groups is 2. The van der Waals surface area contributed by atoms with Crippen LogP contribution in [0.2, 0.25) is 0 Å². The molecule has 2 aromatic rings. The van der Waals surface area contributed by atoms with Gasteiger partial charge >= 0.3 is 6.03 Å². The van der Waals surface area contributed by atoms with Crippen LogP contribution < -0.4 is 16.0 Å². The first kappa shape index (κ1) is 23.8. The zero-order chi connectivity index (χ0) is 25.2. The maximum absolute atomic E-state index is 14.2. The number of nitrogens with zero attached hydrogens (tertiary/aromatic N) is 1. The smallest absolute Gasteiger partial charge is 0.319 e. The Balaban J connectivity index is 1.23. The van der Waals surface area contributed by atoms with Crippen molar-refractivity contribution >= 4 is 17.6 Å². The van der Waals surface area contributed by atoms with Gasteiger partial charge in [0.2, 0.25) is 5.91 Å². The predicted molar refractivity (Wildman–Crippen MR) is 146 cm³/mol. The molecule has 0 unspecified atom stereocenters. The molecule has 37 heavy (non-hydrogen) atoms. The molecule has 5 atom stereocenters. The monoisotopic (exact) mass is 496 g/mol. The van der Waals surface area contributed by atoms with Crippen molar-refractivity contribution in [3.8, 4) is 0 Å². The van der Waals surface area contributed by atoms with Crippen molar-refractivity contribution in [2.75, 3.05) is 11.9 Å². The third-order valence-corrected chi connectivity index (χ3v) is 8.62. The van der Waals surface area contributed by atoms with Crippen LogP contribution in [0.15, 0.2) is 84.1 Å². The molecule has 0 aromatic heterocycles. The number of anilines is 1. The molecule has 2 aromatic carbocycles. The fraction of sp³-hybridized carbons (Fsp3) is 0.419. The highest BCUT2D eigenvalue weighted by molar-refractivity contribution is 5.90. The minimum Gasteiger partial charge on any atom is -0.378 e. The lowest BCUT2D eigenvalue weighted by molar-refractivity contribution is -0.138. The number of benzene rings is 2. The molecule has 4 aliphatic rings. The largest absolute Gasteiger partial charge is 0.378 e. The molecule has 2 aliphatic carbocycles. The normalized spacial score (nSPS) is 28.6. The average molecular weight is 497 g/mol. The van der Waals surface area contributed by atoms with Crippen molar-refractivity contribution in [1.82, 2.24) is 15.5 Å². The Morgan fingerprint density at radius 3 is 2.49 bits per heavy atom. The van der Waals surface area contributed by atoms with Crippen LogP contribution in [-0.2, 0) is 4.79 Å². The number of rotatable bonds is 4. The number of nitrogens with one attached hydrogen (secondary N) is 3. The number of hydrogen-bond donors (Lipinski definition) is 3. The van der Waals surface area contributed by atoms with Gasteiger partial charge in [-0.05, 0) is 61.4 Å². The van der Waals surface area contributed by atoms with Gasteiger partial charge in [0.15, 0.2) is 0 Å². The highest BCUT2D eigenvalue weighted by atomic mass is 16.2. The lowest BCUT2D eigenvalue weighted by atomic mass is 9.77. The van der Waals surface area contributed by atoms with Gasteiger partial charge in [-0.15, -0.1) is 0 Å². The average Bonchev–Trinajstić information content (AvgIpc) is 3.39. The molecule has 2 aliphatic heterocycles. The fourth-order valence-corrected chi connectivity index (χ4v) is 6.92. The Bertz CT molecular complexity index is 1190. The van der Waals surface area contributed by atoms with E-state index in [-0.39, 0.29) is 36.0 Å². The second-order valence-corrected chi connectivity index (χ2v) is 10.8. The predicted octanol–water partition coefficient (Wildman–Crippen LogP) is 5.53. The first-order valence-corrected chi connectivity index (χ1v) is 13.8. The van der Waals surface area contributed by atoms with Crippen molar-refractivity contribution in [2.45, 2.75) is 63.1 Å². The van der Waals surface area contributed by atoms with E-state index in [1.807, 2.05) is 30.3 Å². The minimum atomic E-state index is -0.233. The number of para-hydroxylation sites is 1. The van der Waals surface area contributed by atoms with E-state index < -0.39 is 0 Å². The van der Waals surface area contributed by atoms with E-state index in [4.69, 9.17) is 0 Å². The highest BCUT2D eigenvalue weighted by Gasteiger charge is 2.49. The number of carbonyl (C=O) groups excluding carboxylic acids is 2. The van der Waals surface area contributed by atoms with E-state index in [0.717, 1.165) is 57.2 Å². The van der Waals surface area contributed by atoms with Gasteiger partial charge in [0.25, 0.3) is 0 Å². The summed E-state index contributed by atoms with van der Waals surface area (Å²) in [6.07, 6.45) is 11.2. The van der Waals surface area contributed by atoms with Gasteiger partial charge < -0.3 is 20.9 Å². The minimum absolute atomic E-state index is 0.125. The molecule has 0 spiro atoms. The highest BCUT2D eigenvalue weighted by Crippen LogP contribution is 2.46. The van der Waals surface area contributed by atoms with Crippen LogP contribution in [0.4, 0.5) is 10.5 Å². The maximum Gasteiger partial charge on any atom is 0.319 e. The zero-order valence-corrected chi connectivity index (χ0v) is 21.2. The summed E-state index contributed by atoms with van der Waals surface area (Å²) in [6.45, 7) is 0.777. The quantitative estimate of drug-likeness (QED) is 0.521. The van der Waals surface area contributed by atoms with Gasteiger partial charge in [-0.3, -0.25) is 4.79 Å². The number of fused-ring (bicyclic) bond motifs is 2. The van der Waals surface area contributed by atoms with Gasteiger partial charge in [0, 0.05) is 29.9 Å². The van der Waals surface area contributed by atoms with Crippen LogP contribution in [0.25, 0.3) is 0 Å². The summed E-state index contributed by atoms with van der Waals surface area (Å²) in [5.41, 5.74) is 4.62. The number of allylic oxidation sites excluding steroid dienone is 2. The van der Waals surface area contributed by atoms with E-state index in [9.17, 15) is 9.59 Å². The number of likely N-dealkylation sites (tertiary alicyclic amines) is 1. The lowest BCUT2D eigenvalue weighted by Gasteiger charge is -2.43. The summed E-state index contributed by atoms with van der Waals surface area (Å²) in [5.74, 6) is 0.391. The van der Waals surface area contributed by atoms with Crippen molar-refractivity contribution in [3.63, 3.8) is 0 Å². The second kappa shape index (κ2) is 10.4. The lowest BCUT2D eigenvalue weighted by Crippen LogP contribution is -2.53. The number of hydrogen-bond acceptors (Lipinski definition) is 3. The molecule has 0 radical (unpaired) electrons. The standard InChI is InChI=1S/C31H36N4O2/c36-30(24-16-8-10-18-27(24)34-31(37)32-22-13-5-2-6-14-22)35-20-19-25-28(21-11-3-1-4-12-21)33-26-17-9-7-15-23(26)29(25)35/h1-6,9,11-14,17,24-25,27-29,33H,7-8,10,15-16,18-20H2,(H2,32,34,37)/t24-,25+,27+,28-,29-/m0/s1. The maximum atomic E-state index is 14.2. The summed E-state index contributed by atoms with van der Waals surface area (Å²) in [6, 6.07) is 20.1. The van der Waals surface area contributed by atoms with E-state index >= 15 is 0 Å². The Kier molecular flexibility index (Phi) is 6.73. The molecule has 1 saturated carbocycles. The molecule has 6 nitrogen and oxygen atoms in total. The third kappa shape index (κ3) is 4.77. The first-order chi connectivity index (χ1) is 18.2. The van der Waals surface area contributed by atoms with E-state index in [1.54, 1.807) is 0 Å². The topological polar surface area (TPSA) is 73.5 Å². The summed E-state index contributed by atoms with van der Waals surface area (Å²) in [5, 5.41) is 9.91. The molecule has 3 amide bonds. The van der Waals surface area contributed by atoms with Crippen LogP contribution in [0.1, 0.15) is 56.6 Å². The molecule has 6 rings (SSSR count). The summed E-state index contributed by atoms with van der Waals surface area (Å²) >= 11 is 0. The zero-order valence-electron chi connectivity index (χ0n) is 21.2. The van der Waals surface area contributed by atoms with Crippen molar-refractivity contribution in [3.05, 3.63) is 89.6 Å². The van der Waals surface area contributed by atoms with Crippen molar-refractivity contribution < 1.29 is 9.59 Å². The van der Waals surface area contributed by atoms with Crippen LogP contribution in [0.3, 0.4) is 0 Å². The molecular formula is C31H36N4O2. The van der Waals surface area contributed by atoms with Gasteiger partial charge in [0.1, 0.15) is 0 Å². The molecule has 6 heteroatoms. The van der Waals surface area contributed by atoms with Gasteiger partial charge in [0.05, 0.1) is 18.0 Å². The first-order valence-electron chi connectivity index (χ1n) is 13.8. The summed E-state index contributed by atoms with van der Waals surface area (Å²) in [4.78, 5) is 29.2. The van der Waals surface area contributed by atoms with Crippen molar-refractivity contribution in [1.29, 1.82) is 0 Å². The van der Waals surface area contributed by atoms with E-state index in [0.29, 0.717) is 5.92 Å². The molecule has 2 heterocycles. The molecule has 1 saturated heterocycles. The molecule has 0 bridgehead atoms. The van der Waals surface area contributed by atoms with Crippen LogP contribution in [0.5, 0.6) is 0 Å². The third-order valence-electron chi connectivity index (χ3n) is 8.62. The fourth-order valence-electron chi connectivity index (χ4n) is 6.92. The summed E-state index contributed by atoms with van der Waals surface area (Å²) in [7, 11) is 0. The number of amides is 3. The van der Waals surface area contributed by atoms with Crippen LogP contribution in [-0.4, -0.2) is 35.5 Å². The molecule has 3 N–H and O–H groups in total. The molecular weight excluding hydrogens is 460 g/mol. The number of urea groups is 1. The SMILES string of the molecule is O=C(Nc1ccccc1)N[C@@H]1CCCC[C@@H]1C(=O)N1CC[C@@H]2[C@H](c3ccccc3)NC3=C(CCC=C3)[C@@H]21.